The van der Waals surface area contributed by atoms with Crippen molar-refractivity contribution < 1.29 is 9.53 Å². The summed E-state index contributed by atoms with van der Waals surface area (Å²) in [6.07, 6.45) is 4.82. The molecule has 1 saturated carbocycles. The molecule has 1 aromatic carbocycles. The average molecular weight is 339 g/mol. The molecule has 1 N–H and O–H groups in total. The molecule has 1 aliphatic heterocycles. The molecule has 0 radical (unpaired) electrons. The minimum atomic E-state index is -0.211. The second-order valence-electron chi connectivity index (χ2n) is 7.22. The predicted molar refractivity (Wildman–Crippen MR) is 94.9 cm³/mol. The third-order valence-electron chi connectivity index (χ3n) is 5.34. The Hall–Kier alpha value is -2.14. The van der Waals surface area contributed by atoms with Crippen LogP contribution in [0.15, 0.2) is 42.6 Å². The van der Waals surface area contributed by atoms with Gasteiger partial charge in [0.15, 0.2) is 0 Å². The number of carbonyl (C=O) groups is 1. The summed E-state index contributed by atoms with van der Waals surface area (Å²) in [6.45, 7) is 3.42. The second kappa shape index (κ2) is 7.00. The molecule has 1 aromatic heterocycles. The fraction of sp³-hybridized carbons (Fsp3) is 0.500. The van der Waals surface area contributed by atoms with Crippen LogP contribution >= 0.6 is 0 Å². The first-order valence-corrected chi connectivity index (χ1v) is 9.20. The van der Waals surface area contributed by atoms with E-state index in [4.69, 9.17) is 4.74 Å². The first-order chi connectivity index (χ1) is 12.2. The Morgan fingerprint density at radius 2 is 2.08 bits per heavy atom. The van der Waals surface area contributed by atoms with E-state index in [1.807, 2.05) is 28.9 Å². The Balaban J connectivity index is 1.48. The molecule has 5 nitrogen and oxygen atoms in total. The zero-order valence-electron chi connectivity index (χ0n) is 14.6. The topological polar surface area (TPSA) is 56.1 Å². The summed E-state index contributed by atoms with van der Waals surface area (Å²) >= 11 is 0. The van der Waals surface area contributed by atoms with Crippen LogP contribution < -0.4 is 5.32 Å². The molecule has 2 heterocycles. The van der Waals surface area contributed by atoms with Crippen molar-refractivity contribution in [2.75, 3.05) is 6.61 Å². The van der Waals surface area contributed by atoms with Gasteiger partial charge in [-0.05, 0) is 43.7 Å². The van der Waals surface area contributed by atoms with E-state index in [0.717, 1.165) is 12.1 Å². The molecule has 0 bridgehead atoms. The van der Waals surface area contributed by atoms with E-state index >= 15 is 0 Å². The smallest absolute Gasteiger partial charge is 0.226 e. The monoisotopic (exact) mass is 339 g/mol. The maximum atomic E-state index is 12.7. The molecular formula is C20H25N3O2. The number of aromatic nitrogens is 2. The van der Waals surface area contributed by atoms with Crippen molar-refractivity contribution in [3.05, 3.63) is 53.9 Å². The van der Waals surface area contributed by atoms with Crippen LogP contribution in [0.1, 0.15) is 43.5 Å². The van der Waals surface area contributed by atoms with Crippen LogP contribution in [0.3, 0.4) is 0 Å². The molecule has 25 heavy (non-hydrogen) atoms. The van der Waals surface area contributed by atoms with Gasteiger partial charge in [-0.3, -0.25) is 9.48 Å². The van der Waals surface area contributed by atoms with E-state index in [1.165, 1.54) is 18.4 Å². The molecule has 1 amide bonds. The number of carbonyl (C=O) groups excluding carboxylic acids is 1. The number of hydrogen-bond acceptors (Lipinski definition) is 3. The number of nitrogens with zero attached hydrogens (tertiary/aromatic N) is 2. The maximum absolute atomic E-state index is 12.7. The van der Waals surface area contributed by atoms with Gasteiger partial charge in [-0.2, -0.15) is 5.10 Å². The van der Waals surface area contributed by atoms with E-state index in [9.17, 15) is 4.79 Å². The first kappa shape index (κ1) is 16.3. The summed E-state index contributed by atoms with van der Waals surface area (Å²) in [6, 6.07) is 12.5. The minimum absolute atomic E-state index is 0.120. The van der Waals surface area contributed by atoms with E-state index < -0.39 is 0 Å². The molecule has 2 aliphatic rings. The second-order valence-corrected chi connectivity index (χ2v) is 7.22. The van der Waals surface area contributed by atoms with Crippen molar-refractivity contribution >= 4 is 5.91 Å². The number of ether oxygens (including phenoxy) is 1. The molecule has 3 atom stereocenters. The van der Waals surface area contributed by atoms with Crippen LogP contribution in [0.25, 0.3) is 0 Å². The molecule has 1 unspecified atom stereocenters. The maximum Gasteiger partial charge on any atom is 0.226 e. The van der Waals surface area contributed by atoms with Gasteiger partial charge >= 0.3 is 0 Å². The standard InChI is InChI=1S/C20H25N3O2/c1-14(16-7-8-16)22-20(24)17-10-12-25-19(17)18-9-11-21-23(18)13-15-5-3-2-4-6-15/h2-6,9,11,14,16-17,19H,7-8,10,12-13H2,1H3,(H,22,24)/t14?,17-,19-/m0/s1. The summed E-state index contributed by atoms with van der Waals surface area (Å²) in [5.41, 5.74) is 2.18. The highest BCUT2D eigenvalue weighted by Gasteiger charge is 2.39. The predicted octanol–water partition coefficient (Wildman–Crippen LogP) is 2.92. The molecule has 2 aromatic rings. The Bertz CT molecular complexity index is 724. The fourth-order valence-corrected chi connectivity index (χ4v) is 3.67. The Morgan fingerprint density at radius 1 is 1.28 bits per heavy atom. The van der Waals surface area contributed by atoms with E-state index in [1.54, 1.807) is 6.20 Å². The highest BCUT2D eigenvalue weighted by Crippen LogP contribution is 2.36. The Morgan fingerprint density at radius 3 is 2.84 bits per heavy atom. The SMILES string of the molecule is CC(NC(=O)[C@H]1CCO[C@@H]1c1ccnn1Cc1ccccc1)C1CC1. The van der Waals surface area contributed by atoms with Gasteiger partial charge < -0.3 is 10.1 Å². The highest BCUT2D eigenvalue weighted by atomic mass is 16.5. The van der Waals surface area contributed by atoms with E-state index in [0.29, 0.717) is 19.1 Å². The van der Waals surface area contributed by atoms with Gasteiger partial charge in [0, 0.05) is 18.8 Å². The first-order valence-electron chi connectivity index (χ1n) is 9.20. The zero-order valence-corrected chi connectivity index (χ0v) is 14.6. The van der Waals surface area contributed by atoms with Gasteiger partial charge in [-0.15, -0.1) is 0 Å². The summed E-state index contributed by atoms with van der Waals surface area (Å²) in [5.74, 6) is 0.648. The van der Waals surface area contributed by atoms with Crippen LogP contribution in [0.2, 0.25) is 0 Å². The fourth-order valence-electron chi connectivity index (χ4n) is 3.67. The number of amides is 1. The summed E-state index contributed by atoms with van der Waals surface area (Å²) < 4.78 is 7.90. The van der Waals surface area contributed by atoms with Crippen LogP contribution in [0.5, 0.6) is 0 Å². The molecule has 5 heteroatoms. The van der Waals surface area contributed by atoms with Crippen LogP contribution in [0.4, 0.5) is 0 Å². The lowest BCUT2D eigenvalue weighted by atomic mass is 9.97. The van der Waals surface area contributed by atoms with Gasteiger partial charge in [0.1, 0.15) is 6.10 Å². The lowest BCUT2D eigenvalue weighted by Crippen LogP contribution is -2.39. The van der Waals surface area contributed by atoms with Crippen molar-refractivity contribution in [3.8, 4) is 0 Å². The van der Waals surface area contributed by atoms with Gasteiger partial charge in [0.05, 0.1) is 18.2 Å². The normalized spacial score (nSPS) is 24.2. The van der Waals surface area contributed by atoms with Gasteiger partial charge in [-0.25, -0.2) is 0 Å². The number of benzene rings is 1. The van der Waals surface area contributed by atoms with Crippen LogP contribution in [0, 0.1) is 11.8 Å². The van der Waals surface area contributed by atoms with E-state index in [-0.39, 0.29) is 24.0 Å². The molecule has 4 rings (SSSR count). The quantitative estimate of drug-likeness (QED) is 0.880. The van der Waals surface area contributed by atoms with Crippen molar-refractivity contribution in [2.24, 2.45) is 11.8 Å². The third-order valence-corrected chi connectivity index (χ3v) is 5.34. The molecule has 1 saturated heterocycles. The highest BCUT2D eigenvalue weighted by molar-refractivity contribution is 5.80. The van der Waals surface area contributed by atoms with Crippen molar-refractivity contribution in [3.63, 3.8) is 0 Å². The summed E-state index contributed by atoms with van der Waals surface area (Å²) in [4.78, 5) is 12.7. The zero-order chi connectivity index (χ0) is 17.2. The number of nitrogens with one attached hydrogen (secondary N) is 1. The largest absolute Gasteiger partial charge is 0.371 e. The van der Waals surface area contributed by atoms with Gasteiger partial charge in [-0.1, -0.05) is 30.3 Å². The van der Waals surface area contributed by atoms with Crippen molar-refractivity contribution in [1.82, 2.24) is 15.1 Å². The van der Waals surface area contributed by atoms with Gasteiger partial charge in [0.2, 0.25) is 5.91 Å². The Labute approximate surface area is 148 Å². The summed E-state index contributed by atoms with van der Waals surface area (Å²) in [5, 5.41) is 7.65. The Kier molecular flexibility index (Phi) is 4.57. The molecule has 2 fully saturated rings. The number of rotatable bonds is 6. The van der Waals surface area contributed by atoms with Crippen LogP contribution in [-0.4, -0.2) is 28.3 Å². The van der Waals surface area contributed by atoms with Crippen LogP contribution in [-0.2, 0) is 16.1 Å². The third kappa shape index (κ3) is 3.61. The molecule has 0 spiro atoms. The van der Waals surface area contributed by atoms with Gasteiger partial charge in [0.25, 0.3) is 0 Å². The minimum Gasteiger partial charge on any atom is -0.371 e. The lowest BCUT2D eigenvalue weighted by Gasteiger charge is -2.22. The van der Waals surface area contributed by atoms with E-state index in [2.05, 4.69) is 29.5 Å². The molecule has 132 valence electrons. The van der Waals surface area contributed by atoms with Crippen molar-refractivity contribution in [2.45, 2.75) is 44.9 Å². The lowest BCUT2D eigenvalue weighted by molar-refractivity contribution is -0.127. The van der Waals surface area contributed by atoms with Crippen molar-refractivity contribution in [1.29, 1.82) is 0 Å². The molecule has 1 aliphatic carbocycles. The molecular weight excluding hydrogens is 314 g/mol. The number of hydrogen-bond donors (Lipinski definition) is 1. The average Bonchev–Trinajstić information content (AvgIpc) is 3.19. The summed E-state index contributed by atoms with van der Waals surface area (Å²) in [7, 11) is 0.